The summed E-state index contributed by atoms with van der Waals surface area (Å²) in [6, 6.07) is 10.7. The minimum absolute atomic E-state index is 0.125. The zero-order chi connectivity index (χ0) is 18.7. The normalized spacial score (nSPS) is 11.4. The molecule has 0 atom stereocenters. The van der Waals surface area contributed by atoms with Crippen LogP contribution in [0.5, 0.6) is 17.2 Å². The van der Waals surface area contributed by atoms with Crippen LogP contribution in [0.3, 0.4) is 0 Å². The summed E-state index contributed by atoms with van der Waals surface area (Å²) in [5, 5.41) is 19.6. The van der Waals surface area contributed by atoms with Crippen LogP contribution in [0.15, 0.2) is 30.3 Å². The van der Waals surface area contributed by atoms with Gasteiger partial charge in [-0.1, -0.05) is 11.6 Å². The topological polar surface area (TPSA) is 91.2 Å². The summed E-state index contributed by atoms with van der Waals surface area (Å²) in [6.45, 7) is 2.19. The highest BCUT2D eigenvalue weighted by Gasteiger charge is 2.12. The van der Waals surface area contributed by atoms with Crippen LogP contribution in [0.4, 0.5) is 0 Å². The standard InChI is InChI=1S/C19H16ClN3O3/c1-3-26-17-8-11(7-14(20)18(17)24)6-12(10-21)19-22-15-5-4-13(25-2)9-16(15)23-19/h4-9,24H,3H2,1-2H3,(H,22,23). The maximum Gasteiger partial charge on any atom is 0.176 e. The molecule has 3 rings (SSSR count). The Bertz CT molecular complexity index is 1030. The predicted octanol–water partition coefficient (Wildman–Crippen LogP) is 4.39. The second-order valence-corrected chi connectivity index (χ2v) is 5.83. The van der Waals surface area contributed by atoms with Crippen LogP contribution in [-0.2, 0) is 0 Å². The van der Waals surface area contributed by atoms with E-state index < -0.39 is 0 Å². The molecule has 2 N–H and O–H groups in total. The summed E-state index contributed by atoms with van der Waals surface area (Å²) >= 11 is 6.05. The molecule has 0 aliphatic carbocycles. The number of halogens is 1. The van der Waals surface area contributed by atoms with Crippen LogP contribution in [0.25, 0.3) is 22.7 Å². The first-order valence-corrected chi connectivity index (χ1v) is 8.24. The zero-order valence-electron chi connectivity index (χ0n) is 14.2. The quantitative estimate of drug-likeness (QED) is 0.650. The molecular formula is C19H16ClN3O3. The van der Waals surface area contributed by atoms with Crippen molar-refractivity contribution in [2.45, 2.75) is 6.92 Å². The van der Waals surface area contributed by atoms with Gasteiger partial charge < -0.3 is 19.6 Å². The fourth-order valence-corrected chi connectivity index (χ4v) is 2.73. The van der Waals surface area contributed by atoms with Crippen LogP contribution >= 0.6 is 11.6 Å². The third-order valence-corrected chi connectivity index (χ3v) is 4.01. The van der Waals surface area contributed by atoms with Crippen LogP contribution < -0.4 is 9.47 Å². The zero-order valence-corrected chi connectivity index (χ0v) is 15.0. The molecule has 0 bridgehead atoms. The monoisotopic (exact) mass is 369 g/mol. The van der Waals surface area contributed by atoms with E-state index in [9.17, 15) is 10.4 Å². The molecule has 0 fully saturated rings. The van der Waals surface area contributed by atoms with Gasteiger partial charge in [0.1, 0.15) is 17.6 Å². The fourth-order valence-electron chi connectivity index (χ4n) is 2.51. The number of phenolic OH excluding ortho intramolecular Hbond substituents is 1. The number of H-pyrrole nitrogens is 1. The Morgan fingerprint density at radius 3 is 2.88 bits per heavy atom. The first kappa shape index (κ1) is 17.6. The molecule has 0 radical (unpaired) electrons. The van der Waals surface area contributed by atoms with E-state index in [1.807, 2.05) is 12.1 Å². The van der Waals surface area contributed by atoms with E-state index in [1.54, 1.807) is 38.3 Å². The van der Waals surface area contributed by atoms with Gasteiger partial charge in [0.25, 0.3) is 0 Å². The van der Waals surface area contributed by atoms with Crippen molar-refractivity contribution in [2.75, 3.05) is 13.7 Å². The van der Waals surface area contributed by atoms with Crippen molar-refractivity contribution in [1.29, 1.82) is 5.26 Å². The Morgan fingerprint density at radius 1 is 1.38 bits per heavy atom. The van der Waals surface area contributed by atoms with Crippen molar-refractivity contribution in [1.82, 2.24) is 9.97 Å². The van der Waals surface area contributed by atoms with E-state index >= 15 is 0 Å². The van der Waals surface area contributed by atoms with Gasteiger partial charge in [0, 0.05) is 6.07 Å². The highest BCUT2D eigenvalue weighted by atomic mass is 35.5. The van der Waals surface area contributed by atoms with Crippen molar-refractivity contribution in [2.24, 2.45) is 0 Å². The first-order chi connectivity index (χ1) is 12.5. The molecule has 0 spiro atoms. The molecule has 6 nitrogen and oxygen atoms in total. The Labute approximate surface area is 155 Å². The largest absolute Gasteiger partial charge is 0.503 e. The van der Waals surface area contributed by atoms with E-state index in [4.69, 9.17) is 21.1 Å². The van der Waals surface area contributed by atoms with Crippen molar-refractivity contribution in [3.8, 4) is 23.3 Å². The van der Waals surface area contributed by atoms with E-state index in [0.717, 1.165) is 11.0 Å². The van der Waals surface area contributed by atoms with Gasteiger partial charge in [-0.25, -0.2) is 4.98 Å². The predicted molar refractivity (Wildman–Crippen MR) is 100 cm³/mol. The second-order valence-electron chi connectivity index (χ2n) is 5.42. The van der Waals surface area contributed by atoms with Crippen molar-refractivity contribution >= 4 is 34.3 Å². The lowest BCUT2D eigenvalue weighted by Gasteiger charge is -2.08. The summed E-state index contributed by atoms with van der Waals surface area (Å²) in [5.74, 6) is 1.26. The van der Waals surface area contributed by atoms with Crippen LogP contribution in [-0.4, -0.2) is 28.8 Å². The molecule has 0 amide bonds. The lowest BCUT2D eigenvalue weighted by Crippen LogP contribution is -1.93. The molecule has 0 saturated carbocycles. The van der Waals surface area contributed by atoms with Gasteiger partial charge >= 0.3 is 0 Å². The number of nitrogens with zero attached hydrogens (tertiary/aromatic N) is 2. The maximum absolute atomic E-state index is 9.93. The summed E-state index contributed by atoms with van der Waals surface area (Å²) in [4.78, 5) is 7.55. The van der Waals surface area contributed by atoms with Crippen molar-refractivity contribution < 1.29 is 14.6 Å². The van der Waals surface area contributed by atoms with E-state index in [0.29, 0.717) is 29.3 Å². The molecule has 0 saturated heterocycles. The number of imidazole rings is 1. The number of allylic oxidation sites excluding steroid dienone is 1. The third kappa shape index (κ3) is 3.44. The minimum atomic E-state index is -0.125. The molecule has 1 aromatic heterocycles. The summed E-state index contributed by atoms with van der Waals surface area (Å²) in [7, 11) is 1.59. The molecule has 0 aliphatic heterocycles. The number of benzene rings is 2. The highest BCUT2D eigenvalue weighted by molar-refractivity contribution is 6.32. The number of nitriles is 1. The third-order valence-electron chi connectivity index (χ3n) is 3.73. The number of aromatic hydroxyl groups is 1. The fraction of sp³-hybridized carbons (Fsp3) is 0.158. The van der Waals surface area contributed by atoms with Crippen LogP contribution in [0.2, 0.25) is 5.02 Å². The lowest BCUT2D eigenvalue weighted by atomic mass is 10.1. The molecular weight excluding hydrogens is 354 g/mol. The molecule has 0 unspecified atom stereocenters. The molecule has 132 valence electrons. The average molecular weight is 370 g/mol. The number of nitrogens with one attached hydrogen (secondary N) is 1. The van der Waals surface area contributed by atoms with Gasteiger partial charge in [0.15, 0.2) is 11.5 Å². The number of aromatic amines is 1. The highest BCUT2D eigenvalue weighted by Crippen LogP contribution is 2.36. The van der Waals surface area contributed by atoms with Gasteiger partial charge in [-0.15, -0.1) is 0 Å². The number of hydrogen-bond donors (Lipinski definition) is 2. The summed E-state index contributed by atoms with van der Waals surface area (Å²) in [5.41, 5.74) is 2.43. The van der Waals surface area contributed by atoms with Crippen LogP contribution in [0, 0.1) is 11.3 Å². The number of ether oxygens (including phenoxy) is 2. The molecule has 3 aromatic rings. The Hall–Kier alpha value is -3.17. The molecule has 0 aliphatic rings. The van der Waals surface area contributed by atoms with E-state index in [-0.39, 0.29) is 16.5 Å². The second kappa shape index (κ2) is 7.38. The maximum atomic E-state index is 9.93. The first-order valence-electron chi connectivity index (χ1n) is 7.87. The molecule has 2 aromatic carbocycles. The average Bonchev–Trinajstić information content (AvgIpc) is 3.06. The number of fused-ring (bicyclic) bond motifs is 1. The van der Waals surface area contributed by atoms with E-state index in [2.05, 4.69) is 16.0 Å². The number of aromatic nitrogens is 2. The lowest BCUT2D eigenvalue weighted by molar-refractivity contribution is 0.318. The number of phenols is 1. The summed E-state index contributed by atoms with van der Waals surface area (Å²) in [6.07, 6.45) is 1.63. The van der Waals surface area contributed by atoms with Crippen molar-refractivity contribution in [3.63, 3.8) is 0 Å². The van der Waals surface area contributed by atoms with Gasteiger partial charge in [0.05, 0.1) is 35.3 Å². The van der Waals surface area contributed by atoms with Gasteiger partial charge in [-0.3, -0.25) is 0 Å². The SMILES string of the molecule is CCOc1cc(C=C(C#N)c2nc3ccc(OC)cc3[nH]2)cc(Cl)c1O. The number of methoxy groups -OCH3 is 1. The Kier molecular flexibility index (Phi) is 5.01. The Morgan fingerprint density at radius 2 is 2.19 bits per heavy atom. The van der Waals surface area contributed by atoms with Crippen molar-refractivity contribution in [3.05, 3.63) is 46.7 Å². The van der Waals surface area contributed by atoms with Gasteiger partial charge in [-0.2, -0.15) is 5.26 Å². The van der Waals surface area contributed by atoms with Crippen LogP contribution in [0.1, 0.15) is 18.3 Å². The molecule has 1 heterocycles. The number of rotatable bonds is 5. The minimum Gasteiger partial charge on any atom is -0.503 e. The molecule has 26 heavy (non-hydrogen) atoms. The van der Waals surface area contributed by atoms with E-state index in [1.165, 1.54) is 0 Å². The Balaban J connectivity index is 2.05. The number of hydrogen-bond acceptors (Lipinski definition) is 5. The smallest absolute Gasteiger partial charge is 0.176 e. The van der Waals surface area contributed by atoms with Gasteiger partial charge in [0.2, 0.25) is 0 Å². The molecule has 7 heteroatoms. The van der Waals surface area contributed by atoms with Gasteiger partial charge in [-0.05, 0) is 42.8 Å². The summed E-state index contributed by atoms with van der Waals surface area (Å²) < 4.78 is 10.6.